The van der Waals surface area contributed by atoms with Gasteiger partial charge < -0.3 is 14.6 Å². The number of nitrogens with one attached hydrogen (secondary N) is 1. The van der Waals surface area contributed by atoms with Crippen LogP contribution in [0, 0.1) is 6.92 Å². The van der Waals surface area contributed by atoms with Crippen molar-refractivity contribution in [3.8, 4) is 0 Å². The molecule has 5 heteroatoms. The zero-order valence-electron chi connectivity index (χ0n) is 12.6. The molecule has 0 unspecified atom stereocenters. The molecule has 2 aromatic heterocycles. The summed E-state index contributed by atoms with van der Waals surface area (Å²) in [7, 11) is 1.96. The molecule has 108 valence electrons. The molecule has 0 saturated heterocycles. The Morgan fingerprint density at radius 1 is 1.25 bits per heavy atom. The van der Waals surface area contributed by atoms with E-state index in [-0.39, 0.29) is 0 Å². The maximum Gasteiger partial charge on any atom is 0.225 e. The summed E-state index contributed by atoms with van der Waals surface area (Å²) in [6, 6.07) is 4.40. The van der Waals surface area contributed by atoms with Crippen molar-refractivity contribution in [3.63, 3.8) is 0 Å². The Labute approximate surface area is 120 Å². The van der Waals surface area contributed by atoms with Gasteiger partial charge in [-0.05, 0) is 19.1 Å². The summed E-state index contributed by atoms with van der Waals surface area (Å²) >= 11 is 0. The maximum absolute atomic E-state index is 5.56. The highest BCUT2D eigenvalue weighted by molar-refractivity contribution is 5.29. The molecule has 0 atom stereocenters. The Morgan fingerprint density at radius 2 is 1.95 bits per heavy atom. The van der Waals surface area contributed by atoms with Crippen molar-refractivity contribution in [3.05, 3.63) is 41.6 Å². The second-order valence-electron chi connectivity index (χ2n) is 5.30. The molecule has 5 nitrogen and oxygen atoms in total. The molecule has 0 amide bonds. The van der Waals surface area contributed by atoms with E-state index in [9.17, 15) is 0 Å². The number of rotatable bonds is 6. The molecule has 1 N–H and O–H groups in total. The fraction of sp³-hybridized carbons (Fsp3) is 0.467. The Bertz CT molecular complexity index is 533. The lowest BCUT2D eigenvalue weighted by Crippen LogP contribution is -2.22. The van der Waals surface area contributed by atoms with E-state index in [1.165, 1.54) is 0 Å². The van der Waals surface area contributed by atoms with Gasteiger partial charge in [-0.25, -0.2) is 9.97 Å². The van der Waals surface area contributed by atoms with Crippen molar-refractivity contribution in [2.24, 2.45) is 0 Å². The van der Waals surface area contributed by atoms with Gasteiger partial charge in [0.1, 0.15) is 11.5 Å². The molecule has 0 bridgehead atoms. The van der Waals surface area contributed by atoms with Crippen molar-refractivity contribution in [1.82, 2.24) is 15.3 Å². The summed E-state index contributed by atoms with van der Waals surface area (Å²) in [6.45, 7) is 7.63. The summed E-state index contributed by atoms with van der Waals surface area (Å²) < 4.78 is 5.56. The van der Waals surface area contributed by atoms with Crippen molar-refractivity contribution in [1.29, 1.82) is 0 Å². The molecule has 0 spiro atoms. The smallest absolute Gasteiger partial charge is 0.225 e. The summed E-state index contributed by atoms with van der Waals surface area (Å²) in [5.74, 6) is 2.54. The van der Waals surface area contributed by atoms with Crippen LogP contribution in [0.2, 0.25) is 0 Å². The number of anilines is 1. The van der Waals surface area contributed by atoms with Crippen LogP contribution in [0.25, 0.3) is 0 Å². The Hall–Kier alpha value is -1.88. The van der Waals surface area contributed by atoms with E-state index in [0.29, 0.717) is 18.5 Å². The second kappa shape index (κ2) is 6.52. The molecule has 0 saturated carbocycles. The lowest BCUT2D eigenvalue weighted by Gasteiger charge is -2.15. The summed E-state index contributed by atoms with van der Waals surface area (Å²) in [4.78, 5) is 10.8. The fourth-order valence-electron chi connectivity index (χ4n) is 1.83. The first-order valence-corrected chi connectivity index (χ1v) is 6.85. The quantitative estimate of drug-likeness (QED) is 0.877. The topological polar surface area (TPSA) is 54.2 Å². The number of furan rings is 1. The molecule has 0 radical (unpaired) electrons. The van der Waals surface area contributed by atoms with Gasteiger partial charge in [-0.15, -0.1) is 0 Å². The molecule has 0 aliphatic heterocycles. The van der Waals surface area contributed by atoms with E-state index < -0.39 is 0 Å². The summed E-state index contributed by atoms with van der Waals surface area (Å²) in [5, 5.41) is 3.34. The lowest BCUT2D eigenvalue weighted by atomic mass is 10.3. The molecule has 0 fully saturated rings. The molecule has 20 heavy (non-hydrogen) atoms. The van der Waals surface area contributed by atoms with Crippen LogP contribution in [0.1, 0.15) is 30.9 Å². The standard InChI is InChI=1S/C15H22N4O/c1-11(2)16-7-13-8-17-15(18-9-13)19(4)10-14-6-5-12(3)20-14/h5-6,8-9,11,16H,7,10H2,1-4H3. The van der Waals surface area contributed by atoms with Crippen LogP contribution in [-0.4, -0.2) is 23.1 Å². The van der Waals surface area contributed by atoms with Gasteiger partial charge in [-0.1, -0.05) is 13.8 Å². The second-order valence-corrected chi connectivity index (χ2v) is 5.30. The Morgan fingerprint density at radius 3 is 2.50 bits per heavy atom. The van der Waals surface area contributed by atoms with Gasteiger partial charge in [-0.2, -0.15) is 0 Å². The molecule has 2 heterocycles. The molecule has 0 aliphatic rings. The normalized spacial score (nSPS) is 11.1. The summed E-state index contributed by atoms with van der Waals surface area (Å²) in [6.07, 6.45) is 3.73. The minimum atomic E-state index is 0.458. The highest BCUT2D eigenvalue weighted by atomic mass is 16.3. The number of hydrogen-bond donors (Lipinski definition) is 1. The highest BCUT2D eigenvalue weighted by Gasteiger charge is 2.08. The van der Waals surface area contributed by atoms with Crippen LogP contribution >= 0.6 is 0 Å². The lowest BCUT2D eigenvalue weighted by molar-refractivity contribution is 0.480. The van der Waals surface area contributed by atoms with E-state index in [2.05, 4.69) is 29.1 Å². The van der Waals surface area contributed by atoms with Gasteiger partial charge in [0.2, 0.25) is 5.95 Å². The van der Waals surface area contributed by atoms with Crippen LogP contribution in [0.4, 0.5) is 5.95 Å². The third-order valence-electron chi connectivity index (χ3n) is 2.94. The predicted molar refractivity (Wildman–Crippen MR) is 79.6 cm³/mol. The van der Waals surface area contributed by atoms with Crippen LogP contribution in [0.5, 0.6) is 0 Å². The van der Waals surface area contributed by atoms with E-state index in [1.54, 1.807) is 0 Å². The highest BCUT2D eigenvalue weighted by Crippen LogP contribution is 2.12. The maximum atomic E-state index is 5.56. The van der Waals surface area contributed by atoms with E-state index >= 15 is 0 Å². The zero-order valence-corrected chi connectivity index (χ0v) is 12.6. The molecule has 2 rings (SSSR count). The van der Waals surface area contributed by atoms with E-state index in [4.69, 9.17) is 4.42 Å². The zero-order chi connectivity index (χ0) is 14.5. The van der Waals surface area contributed by atoms with Crippen molar-refractivity contribution >= 4 is 5.95 Å². The van der Waals surface area contributed by atoms with Gasteiger partial charge in [-0.3, -0.25) is 0 Å². The van der Waals surface area contributed by atoms with Gasteiger partial charge >= 0.3 is 0 Å². The molecule has 0 aliphatic carbocycles. The van der Waals surface area contributed by atoms with Gasteiger partial charge in [0, 0.05) is 37.6 Å². The molecule has 2 aromatic rings. The SMILES string of the molecule is Cc1ccc(CN(C)c2ncc(CNC(C)C)cn2)o1. The van der Waals surface area contributed by atoms with Crippen molar-refractivity contribution in [2.45, 2.75) is 39.9 Å². The number of aromatic nitrogens is 2. The summed E-state index contributed by atoms with van der Waals surface area (Å²) in [5.41, 5.74) is 1.09. The van der Waals surface area contributed by atoms with Gasteiger partial charge in [0.25, 0.3) is 0 Å². The van der Waals surface area contributed by atoms with Crippen LogP contribution in [0.15, 0.2) is 28.9 Å². The minimum absolute atomic E-state index is 0.458. The molecular weight excluding hydrogens is 252 g/mol. The average molecular weight is 274 g/mol. The fourth-order valence-corrected chi connectivity index (χ4v) is 1.83. The number of hydrogen-bond acceptors (Lipinski definition) is 5. The first kappa shape index (κ1) is 14.5. The third kappa shape index (κ3) is 4.06. The average Bonchev–Trinajstić information content (AvgIpc) is 2.82. The van der Waals surface area contributed by atoms with E-state index in [0.717, 1.165) is 23.6 Å². The Balaban J connectivity index is 1.94. The van der Waals surface area contributed by atoms with E-state index in [1.807, 2.05) is 43.4 Å². The number of aryl methyl sites for hydroxylation is 1. The largest absolute Gasteiger partial charge is 0.464 e. The molecular formula is C15H22N4O. The van der Waals surface area contributed by atoms with Crippen molar-refractivity contribution in [2.75, 3.05) is 11.9 Å². The van der Waals surface area contributed by atoms with Gasteiger partial charge in [0.15, 0.2) is 0 Å². The van der Waals surface area contributed by atoms with Crippen LogP contribution < -0.4 is 10.2 Å². The van der Waals surface area contributed by atoms with Crippen LogP contribution in [0.3, 0.4) is 0 Å². The molecule has 0 aromatic carbocycles. The van der Waals surface area contributed by atoms with Gasteiger partial charge in [0.05, 0.1) is 6.54 Å². The monoisotopic (exact) mass is 274 g/mol. The minimum Gasteiger partial charge on any atom is -0.464 e. The van der Waals surface area contributed by atoms with Crippen LogP contribution in [-0.2, 0) is 13.1 Å². The third-order valence-corrected chi connectivity index (χ3v) is 2.94. The predicted octanol–water partition coefficient (Wildman–Crippen LogP) is 2.51. The van der Waals surface area contributed by atoms with Crippen molar-refractivity contribution < 1.29 is 4.42 Å². The first-order valence-electron chi connectivity index (χ1n) is 6.85. The Kier molecular flexibility index (Phi) is 4.74. The number of nitrogens with zero attached hydrogens (tertiary/aromatic N) is 3. The first-order chi connectivity index (χ1) is 9.54.